The van der Waals surface area contributed by atoms with Crippen LogP contribution in [0.2, 0.25) is 0 Å². The predicted octanol–water partition coefficient (Wildman–Crippen LogP) is 4.22. The molecule has 0 aliphatic carbocycles. The van der Waals surface area contributed by atoms with Crippen molar-refractivity contribution in [2.45, 2.75) is 59.0 Å². The molecule has 120 valence electrons. The smallest absolute Gasteiger partial charge is 0.0446 e. The van der Waals surface area contributed by atoms with Crippen molar-refractivity contribution in [3.05, 3.63) is 35.4 Å². The monoisotopic (exact) mass is 290 g/mol. The molecule has 0 radical (unpaired) electrons. The third-order valence-corrected chi connectivity index (χ3v) is 4.66. The largest absolute Gasteiger partial charge is 0.312 e. The number of hydrogen-bond donors (Lipinski definition) is 1. The van der Waals surface area contributed by atoms with Gasteiger partial charge in [-0.1, -0.05) is 58.9 Å². The van der Waals surface area contributed by atoms with Crippen LogP contribution in [-0.2, 0) is 5.41 Å². The SMILES string of the molecule is CNC(CN(C)C(C)C(C)C)c1ccc(C(C)(C)C)cc1. The van der Waals surface area contributed by atoms with Gasteiger partial charge in [0.2, 0.25) is 0 Å². The zero-order chi connectivity index (χ0) is 16.2. The third kappa shape index (κ3) is 5.12. The standard InChI is InChI=1S/C19H34N2/c1-14(2)15(3)21(8)13-18(20-7)16-9-11-17(12-10-16)19(4,5)6/h9-12,14-15,18,20H,13H2,1-8H3. The van der Waals surface area contributed by atoms with Crippen LogP contribution in [0.1, 0.15) is 58.7 Å². The van der Waals surface area contributed by atoms with Crippen molar-refractivity contribution in [2.75, 3.05) is 20.6 Å². The normalized spacial score (nSPS) is 15.5. The summed E-state index contributed by atoms with van der Waals surface area (Å²) in [6, 6.07) is 10.1. The van der Waals surface area contributed by atoms with Crippen LogP contribution in [0.3, 0.4) is 0 Å². The van der Waals surface area contributed by atoms with Gasteiger partial charge in [0.05, 0.1) is 0 Å². The quantitative estimate of drug-likeness (QED) is 0.844. The van der Waals surface area contributed by atoms with Gasteiger partial charge in [-0.15, -0.1) is 0 Å². The van der Waals surface area contributed by atoms with Gasteiger partial charge in [0.15, 0.2) is 0 Å². The maximum Gasteiger partial charge on any atom is 0.0446 e. The van der Waals surface area contributed by atoms with Crippen LogP contribution in [0.5, 0.6) is 0 Å². The molecule has 2 heteroatoms. The number of nitrogens with zero attached hydrogens (tertiary/aromatic N) is 1. The molecule has 0 aliphatic heterocycles. The molecule has 1 N–H and O–H groups in total. The molecule has 0 bridgehead atoms. The maximum absolute atomic E-state index is 3.46. The second-order valence-electron chi connectivity index (χ2n) is 7.64. The first-order valence-corrected chi connectivity index (χ1v) is 8.14. The Hall–Kier alpha value is -0.860. The number of nitrogens with one attached hydrogen (secondary N) is 1. The first-order valence-electron chi connectivity index (χ1n) is 8.14. The van der Waals surface area contributed by atoms with Crippen molar-refractivity contribution in [1.29, 1.82) is 0 Å². The van der Waals surface area contributed by atoms with Crippen LogP contribution in [0, 0.1) is 5.92 Å². The summed E-state index contributed by atoms with van der Waals surface area (Å²) in [7, 11) is 4.27. The van der Waals surface area contributed by atoms with Crippen molar-refractivity contribution < 1.29 is 0 Å². The van der Waals surface area contributed by atoms with Gasteiger partial charge >= 0.3 is 0 Å². The van der Waals surface area contributed by atoms with Gasteiger partial charge in [0.25, 0.3) is 0 Å². The average molecular weight is 290 g/mol. The fourth-order valence-corrected chi connectivity index (χ4v) is 2.54. The summed E-state index contributed by atoms with van der Waals surface area (Å²) < 4.78 is 0. The number of likely N-dealkylation sites (N-methyl/N-ethyl adjacent to an activating group) is 2. The van der Waals surface area contributed by atoms with Crippen molar-refractivity contribution in [1.82, 2.24) is 10.2 Å². The van der Waals surface area contributed by atoms with Crippen LogP contribution in [0.25, 0.3) is 0 Å². The highest BCUT2D eigenvalue weighted by Gasteiger charge is 2.19. The Bertz CT molecular complexity index is 414. The van der Waals surface area contributed by atoms with Gasteiger partial charge in [-0.3, -0.25) is 0 Å². The minimum absolute atomic E-state index is 0.219. The Morgan fingerprint density at radius 1 is 1.05 bits per heavy atom. The molecule has 2 unspecified atom stereocenters. The lowest BCUT2D eigenvalue weighted by molar-refractivity contribution is 0.190. The third-order valence-electron chi connectivity index (χ3n) is 4.66. The van der Waals surface area contributed by atoms with Gasteiger partial charge in [0, 0.05) is 18.6 Å². The highest BCUT2D eigenvalue weighted by Crippen LogP contribution is 2.24. The molecule has 0 aliphatic rings. The van der Waals surface area contributed by atoms with Gasteiger partial charge in [-0.05, 0) is 43.5 Å². The van der Waals surface area contributed by atoms with Crippen LogP contribution < -0.4 is 5.32 Å². The molecule has 0 aromatic heterocycles. The lowest BCUT2D eigenvalue weighted by Crippen LogP contribution is -2.39. The Balaban J connectivity index is 2.81. The van der Waals surface area contributed by atoms with E-state index in [2.05, 4.69) is 90.1 Å². The number of rotatable bonds is 6. The zero-order valence-electron chi connectivity index (χ0n) is 15.2. The Morgan fingerprint density at radius 3 is 1.95 bits per heavy atom. The highest BCUT2D eigenvalue weighted by molar-refractivity contribution is 5.29. The summed E-state index contributed by atoms with van der Waals surface area (Å²) >= 11 is 0. The predicted molar refractivity (Wildman–Crippen MR) is 93.9 cm³/mol. The first kappa shape index (κ1) is 18.2. The fraction of sp³-hybridized carbons (Fsp3) is 0.684. The Kier molecular flexibility index (Phi) is 6.42. The van der Waals surface area contributed by atoms with Crippen LogP contribution in [0.4, 0.5) is 0 Å². The lowest BCUT2D eigenvalue weighted by atomic mass is 9.86. The summed E-state index contributed by atoms with van der Waals surface area (Å²) in [5.41, 5.74) is 2.98. The van der Waals surface area contributed by atoms with E-state index in [1.165, 1.54) is 11.1 Å². The average Bonchev–Trinajstić information content (AvgIpc) is 2.42. The minimum atomic E-state index is 0.219. The molecular weight excluding hydrogens is 256 g/mol. The molecule has 1 rings (SSSR count). The van der Waals surface area contributed by atoms with Gasteiger partial charge < -0.3 is 10.2 Å². The molecule has 0 amide bonds. The van der Waals surface area contributed by atoms with Crippen molar-refractivity contribution in [2.24, 2.45) is 5.92 Å². The summed E-state index contributed by atoms with van der Waals surface area (Å²) in [6.45, 7) is 14.7. The van der Waals surface area contributed by atoms with Gasteiger partial charge in [-0.2, -0.15) is 0 Å². The van der Waals surface area contributed by atoms with Gasteiger partial charge in [0.1, 0.15) is 0 Å². The molecule has 21 heavy (non-hydrogen) atoms. The number of benzene rings is 1. The van der Waals surface area contributed by atoms with E-state index >= 15 is 0 Å². The molecular formula is C19H34N2. The molecule has 2 atom stereocenters. The topological polar surface area (TPSA) is 15.3 Å². The molecule has 2 nitrogen and oxygen atoms in total. The number of hydrogen-bond acceptors (Lipinski definition) is 2. The minimum Gasteiger partial charge on any atom is -0.312 e. The molecule has 0 saturated carbocycles. The summed E-state index contributed by atoms with van der Waals surface area (Å²) in [5.74, 6) is 0.677. The summed E-state index contributed by atoms with van der Waals surface area (Å²) in [5, 5.41) is 3.46. The van der Waals surface area contributed by atoms with Gasteiger partial charge in [-0.25, -0.2) is 0 Å². The van der Waals surface area contributed by atoms with Crippen molar-refractivity contribution in [3.63, 3.8) is 0 Å². The maximum atomic E-state index is 3.46. The van der Waals surface area contributed by atoms with E-state index in [1.54, 1.807) is 0 Å². The first-order chi connectivity index (χ1) is 9.66. The Morgan fingerprint density at radius 2 is 1.57 bits per heavy atom. The van der Waals surface area contributed by atoms with Crippen LogP contribution >= 0.6 is 0 Å². The zero-order valence-corrected chi connectivity index (χ0v) is 15.2. The van der Waals surface area contributed by atoms with Crippen molar-refractivity contribution >= 4 is 0 Å². The molecule has 0 heterocycles. The van der Waals surface area contributed by atoms with E-state index < -0.39 is 0 Å². The van der Waals surface area contributed by atoms with E-state index in [0.29, 0.717) is 18.0 Å². The molecule has 1 aromatic rings. The van der Waals surface area contributed by atoms with Crippen LogP contribution in [-0.4, -0.2) is 31.6 Å². The molecule has 0 spiro atoms. The summed E-state index contributed by atoms with van der Waals surface area (Å²) in [6.07, 6.45) is 0. The van der Waals surface area contributed by atoms with Crippen LogP contribution in [0.15, 0.2) is 24.3 Å². The molecule has 0 fully saturated rings. The second-order valence-corrected chi connectivity index (χ2v) is 7.64. The Labute approximate surface area is 131 Å². The second kappa shape index (κ2) is 7.42. The highest BCUT2D eigenvalue weighted by atomic mass is 15.1. The van der Waals surface area contributed by atoms with Crippen molar-refractivity contribution in [3.8, 4) is 0 Å². The molecule has 1 aromatic carbocycles. The van der Waals surface area contributed by atoms with E-state index in [-0.39, 0.29) is 5.41 Å². The van der Waals surface area contributed by atoms with E-state index in [0.717, 1.165) is 6.54 Å². The fourth-order valence-electron chi connectivity index (χ4n) is 2.54. The molecule has 0 saturated heterocycles. The van der Waals surface area contributed by atoms with E-state index in [9.17, 15) is 0 Å². The van der Waals surface area contributed by atoms with E-state index in [1.807, 2.05) is 0 Å². The summed E-state index contributed by atoms with van der Waals surface area (Å²) in [4.78, 5) is 2.45. The van der Waals surface area contributed by atoms with E-state index in [4.69, 9.17) is 0 Å². The lowest BCUT2D eigenvalue weighted by Gasteiger charge is -2.31.